The first-order valence-corrected chi connectivity index (χ1v) is 7.79. The van der Waals surface area contributed by atoms with Gasteiger partial charge in [-0.2, -0.15) is 0 Å². The summed E-state index contributed by atoms with van der Waals surface area (Å²) < 4.78 is 18.7. The molecule has 0 unspecified atom stereocenters. The fraction of sp³-hybridized carbons (Fsp3) is 0.111. The van der Waals surface area contributed by atoms with Crippen LogP contribution in [0.4, 0.5) is 4.39 Å². The first kappa shape index (κ1) is 18.5. The van der Waals surface area contributed by atoms with Gasteiger partial charge in [-0.3, -0.25) is 20.4 Å². The molecule has 1 atom stereocenters. The van der Waals surface area contributed by atoms with E-state index in [1.54, 1.807) is 30.3 Å². The molecule has 0 heterocycles. The lowest BCUT2D eigenvalue weighted by molar-refractivity contribution is -0.131. The molecule has 0 fully saturated rings. The van der Waals surface area contributed by atoms with Gasteiger partial charge in [0.05, 0.1) is 0 Å². The van der Waals surface area contributed by atoms with Crippen LogP contribution in [0.2, 0.25) is 5.02 Å². The number of halogens is 2. The Bertz CT molecular complexity index is 795. The fourth-order valence-electron chi connectivity index (χ4n) is 1.83. The molecule has 2 aromatic rings. The minimum atomic E-state index is -0.996. The molecule has 0 aliphatic heterocycles. The van der Waals surface area contributed by atoms with E-state index < -0.39 is 23.7 Å². The number of carbonyl (C=O) groups excluding carboxylic acids is 2. The largest absolute Gasteiger partial charge is 0.478 e. The molecule has 2 N–H and O–H groups in total. The second-order valence-corrected chi connectivity index (χ2v) is 5.43. The van der Waals surface area contributed by atoms with Crippen molar-refractivity contribution in [3.63, 3.8) is 0 Å². The van der Waals surface area contributed by atoms with Crippen molar-refractivity contribution in [3.05, 3.63) is 71.0 Å². The molecule has 5 nitrogen and oxygen atoms in total. The zero-order valence-corrected chi connectivity index (χ0v) is 14.1. The Hall–Kier alpha value is -2.86. The van der Waals surface area contributed by atoms with E-state index in [0.29, 0.717) is 10.6 Å². The maximum atomic E-state index is 13.5. The Balaban J connectivity index is 1.83. The van der Waals surface area contributed by atoms with Crippen LogP contribution in [0.5, 0.6) is 5.75 Å². The van der Waals surface area contributed by atoms with Crippen LogP contribution in [0.1, 0.15) is 12.5 Å². The summed E-state index contributed by atoms with van der Waals surface area (Å²) in [5.74, 6) is -1.79. The quantitative estimate of drug-likeness (QED) is 0.634. The summed E-state index contributed by atoms with van der Waals surface area (Å²) in [6, 6.07) is 12.7. The molecule has 0 aliphatic carbocycles. The molecule has 0 aliphatic rings. The average Bonchev–Trinajstić information content (AvgIpc) is 2.60. The monoisotopic (exact) mass is 362 g/mol. The number of amides is 2. The van der Waals surface area contributed by atoms with Gasteiger partial charge >= 0.3 is 0 Å². The van der Waals surface area contributed by atoms with E-state index in [0.717, 1.165) is 0 Å². The van der Waals surface area contributed by atoms with Crippen molar-refractivity contribution in [1.82, 2.24) is 10.9 Å². The lowest BCUT2D eigenvalue weighted by Crippen LogP contribution is -2.46. The second-order valence-electron chi connectivity index (χ2n) is 5.02. The van der Waals surface area contributed by atoms with Crippen LogP contribution in [0, 0.1) is 5.82 Å². The van der Waals surface area contributed by atoms with E-state index in [1.165, 1.54) is 37.3 Å². The Morgan fingerprint density at radius 3 is 2.52 bits per heavy atom. The summed E-state index contributed by atoms with van der Waals surface area (Å²) in [5, 5.41) is 0.502. The molecular formula is C18H16ClFN2O3. The van der Waals surface area contributed by atoms with Crippen LogP contribution < -0.4 is 15.6 Å². The first-order valence-electron chi connectivity index (χ1n) is 7.41. The standard InChI is InChI=1S/C18H16ClFN2O3/c1-12(25-16-9-5-4-8-15(16)20)18(24)22-21-17(23)11-10-13-6-2-3-7-14(13)19/h2-12H,1H3,(H,21,23)(H,22,24)/b11-10+/t12-/m1/s1. The lowest BCUT2D eigenvalue weighted by Gasteiger charge is -2.15. The highest BCUT2D eigenvalue weighted by molar-refractivity contribution is 6.32. The van der Waals surface area contributed by atoms with E-state index >= 15 is 0 Å². The molecule has 0 bridgehead atoms. The third-order valence-corrected chi connectivity index (χ3v) is 3.48. The Kier molecular flexibility index (Phi) is 6.54. The summed E-state index contributed by atoms with van der Waals surface area (Å²) in [4.78, 5) is 23.6. The molecule has 7 heteroatoms. The molecule has 130 valence electrons. The van der Waals surface area contributed by atoms with Gasteiger partial charge in [0.15, 0.2) is 17.7 Å². The second kappa shape index (κ2) is 8.84. The number of benzene rings is 2. The molecule has 2 rings (SSSR count). The third kappa shape index (κ3) is 5.61. The predicted octanol–water partition coefficient (Wildman–Crippen LogP) is 3.11. The Morgan fingerprint density at radius 2 is 1.80 bits per heavy atom. The SMILES string of the molecule is C[C@@H](Oc1ccccc1F)C(=O)NNC(=O)/C=C/c1ccccc1Cl. The maximum Gasteiger partial charge on any atom is 0.279 e. The van der Waals surface area contributed by atoms with E-state index in [-0.39, 0.29) is 5.75 Å². The van der Waals surface area contributed by atoms with Crippen molar-refractivity contribution < 1.29 is 18.7 Å². The zero-order valence-electron chi connectivity index (χ0n) is 13.3. The van der Waals surface area contributed by atoms with E-state index in [2.05, 4.69) is 10.9 Å². The van der Waals surface area contributed by atoms with Crippen molar-refractivity contribution in [1.29, 1.82) is 0 Å². The van der Waals surface area contributed by atoms with Crippen LogP contribution in [0.25, 0.3) is 6.08 Å². The number of rotatable bonds is 5. The highest BCUT2D eigenvalue weighted by atomic mass is 35.5. The number of para-hydroxylation sites is 1. The maximum absolute atomic E-state index is 13.5. The number of hydrogen-bond acceptors (Lipinski definition) is 3. The smallest absolute Gasteiger partial charge is 0.279 e. The fourth-order valence-corrected chi connectivity index (χ4v) is 2.03. The molecule has 0 spiro atoms. The normalized spacial score (nSPS) is 11.8. The molecule has 0 saturated carbocycles. The summed E-state index contributed by atoms with van der Waals surface area (Å²) >= 11 is 5.97. The van der Waals surface area contributed by atoms with Gasteiger partial charge < -0.3 is 4.74 Å². The third-order valence-electron chi connectivity index (χ3n) is 3.14. The number of hydrogen-bond donors (Lipinski definition) is 2. The van der Waals surface area contributed by atoms with Gasteiger partial charge in [-0.1, -0.05) is 41.9 Å². The van der Waals surface area contributed by atoms with Gasteiger partial charge in [0.25, 0.3) is 11.8 Å². The van der Waals surface area contributed by atoms with Crippen molar-refractivity contribution in [2.45, 2.75) is 13.0 Å². The Morgan fingerprint density at radius 1 is 1.12 bits per heavy atom. The van der Waals surface area contributed by atoms with Gasteiger partial charge in [-0.05, 0) is 36.8 Å². The van der Waals surface area contributed by atoms with Crippen LogP contribution in [-0.4, -0.2) is 17.9 Å². The lowest BCUT2D eigenvalue weighted by atomic mass is 10.2. The molecule has 0 radical (unpaired) electrons. The van der Waals surface area contributed by atoms with Crippen LogP contribution >= 0.6 is 11.6 Å². The Labute approximate surface area is 149 Å². The van der Waals surface area contributed by atoms with Crippen LogP contribution in [-0.2, 0) is 9.59 Å². The van der Waals surface area contributed by atoms with Gasteiger partial charge in [0, 0.05) is 11.1 Å². The first-order chi connectivity index (χ1) is 12.0. The van der Waals surface area contributed by atoms with Crippen molar-refractivity contribution in [3.8, 4) is 5.75 Å². The molecule has 0 aromatic heterocycles. The molecular weight excluding hydrogens is 347 g/mol. The van der Waals surface area contributed by atoms with Crippen molar-refractivity contribution >= 4 is 29.5 Å². The summed E-state index contributed by atoms with van der Waals surface area (Å²) in [6.45, 7) is 1.44. The topological polar surface area (TPSA) is 67.4 Å². The number of hydrazine groups is 1. The van der Waals surface area contributed by atoms with Gasteiger partial charge in [-0.25, -0.2) is 4.39 Å². The number of carbonyl (C=O) groups is 2. The van der Waals surface area contributed by atoms with Crippen LogP contribution in [0.15, 0.2) is 54.6 Å². The average molecular weight is 363 g/mol. The van der Waals surface area contributed by atoms with Gasteiger partial charge in [-0.15, -0.1) is 0 Å². The van der Waals surface area contributed by atoms with E-state index in [4.69, 9.17) is 16.3 Å². The van der Waals surface area contributed by atoms with E-state index in [9.17, 15) is 14.0 Å². The van der Waals surface area contributed by atoms with Gasteiger partial charge in [0.2, 0.25) is 0 Å². The predicted molar refractivity (Wildman–Crippen MR) is 93.3 cm³/mol. The van der Waals surface area contributed by atoms with Crippen LogP contribution in [0.3, 0.4) is 0 Å². The highest BCUT2D eigenvalue weighted by Crippen LogP contribution is 2.17. The summed E-state index contributed by atoms with van der Waals surface area (Å²) in [6.07, 6.45) is 1.75. The number of nitrogens with one attached hydrogen (secondary N) is 2. The molecule has 2 amide bonds. The molecule has 0 saturated heterocycles. The van der Waals surface area contributed by atoms with E-state index in [1.807, 2.05) is 0 Å². The summed E-state index contributed by atoms with van der Waals surface area (Å²) in [5.41, 5.74) is 5.08. The minimum Gasteiger partial charge on any atom is -0.478 e. The zero-order chi connectivity index (χ0) is 18.2. The van der Waals surface area contributed by atoms with Crippen molar-refractivity contribution in [2.75, 3.05) is 0 Å². The number of ether oxygens (including phenoxy) is 1. The minimum absolute atomic E-state index is 0.0462. The van der Waals surface area contributed by atoms with Gasteiger partial charge in [0.1, 0.15) is 0 Å². The molecule has 25 heavy (non-hydrogen) atoms. The van der Waals surface area contributed by atoms with Crippen molar-refractivity contribution in [2.24, 2.45) is 0 Å². The highest BCUT2D eigenvalue weighted by Gasteiger charge is 2.16. The molecule has 2 aromatic carbocycles. The summed E-state index contributed by atoms with van der Waals surface area (Å²) in [7, 11) is 0.